The van der Waals surface area contributed by atoms with Crippen LogP contribution in [0.15, 0.2) is 79.3 Å². The van der Waals surface area contributed by atoms with E-state index in [9.17, 15) is 8.42 Å². The van der Waals surface area contributed by atoms with Gasteiger partial charge in [0.15, 0.2) is 9.84 Å². The Hall–Kier alpha value is -4.02. The number of hydrogen-bond acceptors (Lipinski definition) is 8. The molecule has 1 aliphatic rings. The zero-order valence-electron chi connectivity index (χ0n) is 22.3. The van der Waals surface area contributed by atoms with E-state index >= 15 is 0 Å². The van der Waals surface area contributed by atoms with Crippen LogP contribution >= 0.6 is 0 Å². The van der Waals surface area contributed by atoms with E-state index in [-0.39, 0.29) is 11.5 Å². The summed E-state index contributed by atoms with van der Waals surface area (Å²) in [5.74, 6) is 1.33. The molecule has 0 unspecified atom stereocenters. The third-order valence-corrected chi connectivity index (χ3v) is 8.99. The van der Waals surface area contributed by atoms with Gasteiger partial charge in [0.2, 0.25) is 0 Å². The minimum absolute atomic E-state index is 0.287. The maximum atomic E-state index is 11.6. The van der Waals surface area contributed by atoms with Gasteiger partial charge in [-0.3, -0.25) is 4.68 Å². The fourth-order valence-electron chi connectivity index (χ4n) is 5.12. The van der Waals surface area contributed by atoms with Crippen LogP contribution in [0.25, 0.3) is 21.8 Å². The lowest BCUT2D eigenvalue weighted by atomic mass is 10.2. The second-order valence-electron chi connectivity index (χ2n) is 10.3. The first-order chi connectivity index (χ1) is 19.5. The van der Waals surface area contributed by atoms with Crippen LogP contribution in [0.2, 0.25) is 0 Å². The normalized spacial score (nSPS) is 15.4. The minimum atomic E-state index is -2.82. The number of anilines is 3. The number of benzene rings is 3. The number of unbranched alkanes of at least 4 members (excludes halogenated alkanes) is 1. The Bertz CT molecular complexity index is 1710. The topological polar surface area (TPSA) is 105 Å². The van der Waals surface area contributed by atoms with Gasteiger partial charge in [0.1, 0.15) is 12.1 Å². The number of hydrogen-bond donors (Lipinski definition) is 2. The molecule has 0 bridgehead atoms. The first-order valence-corrected chi connectivity index (χ1v) is 15.5. The lowest BCUT2D eigenvalue weighted by molar-refractivity contribution is 0.290. The van der Waals surface area contributed by atoms with Gasteiger partial charge in [0.25, 0.3) is 0 Å². The molecular formula is C30H33N7O2S. The maximum absolute atomic E-state index is 11.6. The van der Waals surface area contributed by atoms with Crippen molar-refractivity contribution in [3.05, 3.63) is 84.8 Å². The van der Waals surface area contributed by atoms with Crippen molar-refractivity contribution in [2.24, 2.45) is 0 Å². The monoisotopic (exact) mass is 555 g/mol. The SMILES string of the molecule is O=S1(=O)CCN(CCCCNc2ccc3c(Nc4ccc5c(cnn5Cc5ccccc5)c4)ncnc3c2)CC1. The molecule has 5 aromatic rings. The summed E-state index contributed by atoms with van der Waals surface area (Å²) in [6, 6.07) is 22.7. The first kappa shape index (κ1) is 26.2. The predicted molar refractivity (Wildman–Crippen MR) is 161 cm³/mol. The van der Waals surface area contributed by atoms with E-state index in [1.165, 1.54) is 5.56 Å². The van der Waals surface area contributed by atoms with Gasteiger partial charge in [0, 0.05) is 41.8 Å². The van der Waals surface area contributed by atoms with Crippen molar-refractivity contribution < 1.29 is 8.42 Å². The first-order valence-electron chi connectivity index (χ1n) is 13.7. The summed E-state index contributed by atoms with van der Waals surface area (Å²) in [5, 5.41) is 13.6. The number of rotatable bonds is 10. The van der Waals surface area contributed by atoms with Gasteiger partial charge in [0.05, 0.1) is 35.3 Å². The number of fused-ring (bicyclic) bond motifs is 2. The average Bonchev–Trinajstić information content (AvgIpc) is 3.36. The van der Waals surface area contributed by atoms with Crippen molar-refractivity contribution in [1.82, 2.24) is 24.6 Å². The fourth-order valence-corrected chi connectivity index (χ4v) is 6.39. The van der Waals surface area contributed by atoms with Crippen molar-refractivity contribution in [2.75, 3.05) is 48.3 Å². The molecule has 10 heteroatoms. The molecule has 3 heterocycles. The summed E-state index contributed by atoms with van der Waals surface area (Å²) in [7, 11) is -2.82. The molecule has 0 aliphatic carbocycles. The van der Waals surface area contributed by atoms with Gasteiger partial charge >= 0.3 is 0 Å². The third kappa shape index (κ3) is 6.24. The summed E-state index contributed by atoms with van der Waals surface area (Å²) in [4.78, 5) is 11.2. The Labute approximate surface area is 234 Å². The third-order valence-electron chi connectivity index (χ3n) is 7.38. The largest absolute Gasteiger partial charge is 0.385 e. The highest BCUT2D eigenvalue weighted by molar-refractivity contribution is 7.91. The van der Waals surface area contributed by atoms with Crippen LogP contribution in [-0.4, -0.2) is 70.8 Å². The molecule has 206 valence electrons. The Morgan fingerprint density at radius 1 is 0.875 bits per heavy atom. The summed E-state index contributed by atoms with van der Waals surface area (Å²) in [5.41, 5.74) is 5.14. The van der Waals surface area contributed by atoms with Crippen LogP contribution in [0, 0.1) is 0 Å². The minimum Gasteiger partial charge on any atom is -0.385 e. The van der Waals surface area contributed by atoms with Crippen molar-refractivity contribution in [2.45, 2.75) is 19.4 Å². The molecule has 1 fully saturated rings. The molecule has 9 nitrogen and oxygen atoms in total. The highest BCUT2D eigenvalue weighted by atomic mass is 32.2. The van der Waals surface area contributed by atoms with Crippen LogP contribution in [0.5, 0.6) is 0 Å². The van der Waals surface area contributed by atoms with Gasteiger partial charge in [-0.2, -0.15) is 5.10 Å². The Kier molecular flexibility index (Phi) is 7.61. The lowest BCUT2D eigenvalue weighted by Crippen LogP contribution is -2.40. The molecule has 6 rings (SSSR count). The molecule has 40 heavy (non-hydrogen) atoms. The standard InChI is InChI=1S/C30H33N7O2S/c38-40(39)16-14-36(15-17-40)13-5-4-12-31-25-8-10-27-28(19-25)32-22-33-30(27)35-26-9-11-29-24(18-26)20-34-37(29)21-23-6-2-1-3-7-23/h1-3,6-11,18-20,22,31H,4-5,12-17,21H2,(H,32,33,35). The molecule has 0 amide bonds. The Morgan fingerprint density at radius 3 is 2.55 bits per heavy atom. The molecular weight excluding hydrogens is 522 g/mol. The number of nitrogens with zero attached hydrogens (tertiary/aromatic N) is 5. The van der Waals surface area contributed by atoms with Crippen molar-refractivity contribution in [3.8, 4) is 0 Å². The van der Waals surface area contributed by atoms with Gasteiger partial charge in [-0.15, -0.1) is 0 Å². The molecule has 1 saturated heterocycles. The van der Waals surface area contributed by atoms with Gasteiger partial charge in [-0.1, -0.05) is 30.3 Å². The summed E-state index contributed by atoms with van der Waals surface area (Å²) < 4.78 is 25.2. The van der Waals surface area contributed by atoms with Crippen LogP contribution in [0.1, 0.15) is 18.4 Å². The molecule has 3 aromatic carbocycles. The highest BCUT2D eigenvalue weighted by Crippen LogP contribution is 2.27. The fraction of sp³-hybridized carbons (Fsp3) is 0.300. The van der Waals surface area contributed by atoms with E-state index in [0.717, 1.165) is 71.5 Å². The quantitative estimate of drug-likeness (QED) is 0.239. The smallest absolute Gasteiger partial charge is 0.152 e. The van der Waals surface area contributed by atoms with E-state index in [4.69, 9.17) is 0 Å². The van der Waals surface area contributed by atoms with Gasteiger partial charge in [-0.05, 0) is 61.3 Å². The van der Waals surface area contributed by atoms with E-state index in [2.05, 4.69) is 73.1 Å². The van der Waals surface area contributed by atoms with Crippen molar-refractivity contribution >= 4 is 48.8 Å². The van der Waals surface area contributed by atoms with E-state index in [1.54, 1.807) is 6.33 Å². The number of nitrogens with one attached hydrogen (secondary N) is 2. The van der Waals surface area contributed by atoms with Gasteiger partial charge < -0.3 is 15.5 Å². The van der Waals surface area contributed by atoms with Crippen LogP contribution in [0.3, 0.4) is 0 Å². The van der Waals surface area contributed by atoms with Gasteiger partial charge in [-0.25, -0.2) is 18.4 Å². The number of sulfone groups is 1. The number of aromatic nitrogens is 4. The van der Waals surface area contributed by atoms with E-state index in [0.29, 0.717) is 13.1 Å². The van der Waals surface area contributed by atoms with Crippen LogP contribution in [-0.2, 0) is 16.4 Å². The molecule has 0 saturated carbocycles. The average molecular weight is 556 g/mol. The lowest BCUT2D eigenvalue weighted by Gasteiger charge is -2.26. The van der Waals surface area contributed by atoms with E-state index in [1.807, 2.05) is 35.1 Å². The summed E-state index contributed by atoms with van der Waals surface area (Å²) in [6.07, 6.45) is 5.54. The predicted octanol–water partition coefficient (Wildman–Crippen LogP) is 4.69. The molecule has 2 N–H and O–H groups in total. The van der Waals surface area contributed by atoms with Crippen molar-refractivity contribution in [3.63, 3.8) is 0 Å². The molecule has 0 radical (unpaired) electrons. The maximum Gasteiger partial charge on any atom is 0.152 e. The van der Waals surface area contributed by atoms with Crippen LogP contribution in [0.4, 0.5) is 17.2 Å². The Morgan fingerprint density at radius 2 is 1.70 bits per heavy atom. The second-order valence-corrected chi connectivity index (χ2v) is 12.6. The van der Waals surface area contributed by atoms with Crippen molar-refractivity contribution in [1.29, 1.82) is 0 Å². The summed E-state index contributed by atoms with van der Waals surface area (Å²) >= 11 is 0. The zero-order valence-corrected chi connectivity index (χ0v) is 23.1. The van der Waals surface area contributed by atoms with E-state index < -0.39 is 9.84 Å². The Balaban J connectivity index is 1.06. The highest BCUT2D eigenvalue weighted by Gasteiger charge is 2.20. The molecule has 1 aliphatic heterocycles. The molecule has 0 spiro atoms. The van der Waals surface area contributed by atoms with Crippen LogP contribution < -0.4 is 10.6 Å². The zero-order chi connectivity index (χ0) is 27.4. The second kappa shape index (κ2) is 11.6. The molecule has 0 atom stereocenters. The summed E-state index contributed by atoms with van der Waals surface area (Å²) in [6.45, 7) is 3.84. The molecule has 2 aromatic heterocycles.